The van der Waals surface area contributed by atoms with E-state index in [0.717, 1.165) is 5.56 Å². The number of hydrogen-bond donors (Lipinski definition) is 0. The summed E-state index contributed by atoms with van der Waals surface area (Å²) in [5, 5.41) is 0. The fourth-order valence-corrected chi connectivity index (χ4v) is 1.49. The number of aryl methyl sites for hydroxylation is 1. The highest BCUT2D eigenvalue weighted by Crippen LogP contribution is 2.16. The van der Waals surface area contributed by atoms with Crippen molar-refractivity contribution in [2.24, 2.45) is 0 Å². The van der Waals surface area contributed by atoms with Gasteiger partial charge in [-0.15, -0.1) is 11.6 Å². The maximum atomic E-state index is 11.8. The molecule has 0 bridgehead atoms. The normalized spacial score (nSPS) is 9.94. The fourth-order valence-electron chi connectivity index (χ4n) is 1.41. The number of halogens is 1. The lowest BCUT2D eigenvalue weighted by molar-refractivity contribution is -0.115. The molecular formula is C13H16ClNO3. The van der Waals surface area contributed by atoms with Gasteiger partial charge in [0, 0.05) is 5.69 Å². The van der Waals surface area contributed by atoms with Gasteiger partial charge in [0.2, 0.25) is 0 Å². The van der Waals surface area contributed by atoms with Crippen molar-refractivity contribution in [1.82, 2.24) is 0 Å². The van der Waals surface area contributed by atoms with Gasteiger partial charge in [-0.05, 0) is 26.0 Å². The Morgan fingerprint density at radius 3 is 2.39 bits per heavy atom. The Morgan fingerprint density at radius 2 is 1.89 bits per heavy atom. The second-order valence-electron chi connectivity index (χ2n) is 3.79. The summed E-state index contributed by atoms with van der Waals surface area (Å²) < 4.78 is 4.93. The van der Waals surface area contributed by atoms with Gasteiger partial charge in [-0.2, -0.15) is 0 Å². The van der Waals surface area contributed by atoms with Gasteiger partial charge >= 0.3 is 6.09 Å². The summed E-state index contributed by atoms with van der Waals surface area (Å²) in [6, 6.07) is 7.28. The number of anilines is 1. The molecule has 5 heteroatoms. The topological polar surface area (TPSA) is 46.6 Å². The van der Waals surface area contributed by atoms with Gasteiger partial charge in [0.1, 0.15) is 0 Å². The zero-order valence-corrected chi connectivity index (χ0v) is 11.2. The predicted octanol–water partition coefficient (Wildman–Crippen LogP) is 2.77. The first kappa shape index (κ1) is 14.5. The minimum atomic E-state index is -0.542. The number of benzene rings is 1. The van der Waals surface area contributed by atoms with Gasteiger partial charge < -0.3 is 4.74 Å². The molecule has 0 heterocycles. The van der Waals surface area contributed by atoms with Crippen LogP contribution in [0.3, 0.4) is 0 Å². The zero-order chi connectivity index (χ0) is 13.5. The number of nitrogens with zero attached hydrogens (tertiary/aromatic N) is 1. The molecule has 0 aliphatic carbocycles. The van der Waals surface area contributed by atoms with Crippen LogP contribution in [0.2, 0.25) is 0 Å². The first-order valence-electron chi connectivity index (χ1n) is 5.67. The van der Waals surface area contributed by atoms with E-state index in [0.29, 0.717) is 5.69 Å². The number of ketones is 1. The molecule has 98 valence electrons. The van der Waals surface area contributed by atoms with E-state index in [1.165, 1.54) is 4.90 Å². The number of alkyl halides is 1. The number of carbonyl (C=O) groups excluding carboxylic acids is 2. The van der Waals surface area contributed by atoms with Gasteiger partial charge in [0.25, 0.3) is 0 Å². The molecule has 1 aromatic carbocycles. The fraction of sp³-hybridized carbons (Fsp3) is 0.385. The average molecular weight is 270 g/mol. The van der Waals surface area contributed by atoms with E-state index < -0.39 is 6.09 Å². The second-order valence-corrected chi connectivity index (χ2v) is 4.06. The van der Waals surface area contributed by atoms with Crippen LogP contribution < -0.4 is 4.90 Å². The van der Waals surface area contributed by atoms with E-state index in [9.17, 15) is 9.59 Å². The van der Waals surface area contributed by atoms with Crippen LogP contribution in [0, 0.1) is 6.92 Å². The molecule has 0 aliphatic rings. The maximum Gasteiger partial charge on any atom is 0.414 e. The summed E-state index contributed by atoms with van der Waals surface area (Å²) in [7, 11) is 0. The van der Waals surface area contributed by atoms with E-state index in [1.807, 2.05) is 19.1 Å². The molecule has 4 nitrogen and oxygen atoms in total. The molecule has 1 aromatic rings. The molecule has 0 aliphatic heterocycles. The van der Waals surface area contributed by atoms with Gasteiger partial charge in [0.05, 0.1) is 19.0 Å². The van der Waals surface area contributed by atoms with Crippen molar-refractivity contribution in [3.8, 4) is 0 Å². The summed E-state index contributed by atoms with van der Waals surface area (Å²) in [5.41, 5.74) is 1.70. The van der Waals surface area contributed by atoms with Crippen LogP contribution in [0.5, 0.6) is 0 Å². The third-order valence-electron chi connectivity index (χ3n) is 2.32. The van der Waals surface area contributed by atoms with E-state index in [-0.39, 0.29) is 24.8 Å². The van der Waals surface area contributed by atoms with Crippen LogP contribution in [-0.4, -0.2) is 30.9 Å². The third kappa shape index (κ3) is 4.04. The molecule has 0 saturated carbocycles. The maximum absolute atomic E-state index is 11.8. The Labute approximate surface area is 111 Å². The number of rotatable bonds is 5. The van der Waals surface area contributed by atoms with Crippen LogP contribution in [-0.2, 0) is 9.53 Å². The zero-order valence-electron chi connectivity index (χ0n) is 10.5. The monoisotopic (exact) mass is 269 g/mol. The molecule has 0 N–H and O–H groups in total. The Kier molecular flexibility index (Phi) is 5.65. The van der Waals surface area contributed by atoms with Gasteiger partial charge in [0.15, 0.2) is 5.78 Å². The molecule has 0 atom stereocenters. The quantitative estimate of drug-likeness (QED) is 0.772. The lowest BCUT2D eigenvalue weighted by Crippen LogP contribution is -2.36. The summed E-state index contributed by atoms with van der Waals surface area (Å²) in [6.07, 6.45) is -0.542. The van der Waals surface area contributed by atoms with E-state index in [2.05, 4.69) is 0 Å². The highest BCUT2D eigenvalue weighted by molar-refractivity contribution is 6.28. The van der Waals surface area contributed by atoms with Crippen molar-refractivity contribution in [2.75, 3.05) is 23.9 Å². The number of Topliss-reactive ketones (excluding diaryl/α,β-unsaturated/α-hetero) is 1. The molecule has 0 aromatic heterocycles. The molecule has 1 amide bonds. The standard InChI is InChI=1S/C13H16ClNO3/c1-3-18-13(17)15(9-12(16)8-14)11-6-4-10(2)5-7-11/h4-7H,3,8-9H2,1-2H3. The van der Waals surface area contributed by atoms with E-state index in [1.54, 1.807) is 19.1 Å². The van der Waals surface area contributed by atoms with Gasteiger partial charge in [-0.25, -0.2) is 4.79 Å². The molecule has 1 rings (SSSR count). The van der Waals surface area contributed by atoms with Crippen molar-refractivity contribution in [3.05, 3.63) is 29.8 Å². The number of hydrogen-bond acceptors (Lipinski definition) is 3. The smallest absolute Gasteiger partial charge is 0.414 e. The second kappa shape index (κ2) is 7.01. The Bertz CT molecular complexity index is 417. The Balaban J connectivity index is 2.92. The van der Waals surface area contributed by atoms with Crippen molar-refractivity contribution in [2.45, 2.75) is 13.8 Å². The summed E-state index contributed by atoms with van der Waals surface area (Å²) >= 11 is 5.46. The third-order valence-corrected chi connectivity index (χ3v) is 2.62. The molecule has 0 radical (unpaired) electrons. The van der Waals surface area contributed by atoms with Crippen molar-refractivity contribution in [3.63, 3.8) is 0 Å². The first-order valence-corrected chi connectivity index (χ1v) is 6.20. The highest BCUT2D eigenvalue weighted by atomic mass is 35.5. The molecule has 18 heavy (non-hydrogen) atoms. The van der Waals surface area contributed by atoms with Gasteiger partial charge in [-0.3, -0.25) is 9.69 Å². The summed E-state index contributed by atoms with van der Waals surface area (Å²) in [5.74, 6) is -0.354. The van der Waals surface area contributed by atoms with Crippen molar-refractivity contribution >= 4 is 29.2 Å². The largest absolute Gasteiger partial charge is 0.449 e. The predicted molar refractivity (Wildman–Crippen MR) is 71.3 cm³/mol. The Hall–Kier alpha value is -1.55. The van der Waals surface area contributed by atoms with E-state index in [4.69, 9.17) is 16.3 Å². The van der Waals surface area contributed by atoms with E-state index >= 15 is 0 Å². The number of amides is 1. The van der Waals surface area contributed by atoms with Crippen molar-refractivity contribution in [1.29, 1.82) is 0 Å². The number of carbonyl (C=O) groups is 2. The highest BCUT2D eigenvalue weighted by Gasteiger charge is 2.19. The summed E-state index contributed by atoms with van der Waals surface area (Å²) in [6.45, 7) is 3.85. The van der Waals surface area contributed by atoms with Crippen LogP contribution in [0.1, 0.15) is 12.5 Å². The van der Waals surface area contributed by atoms with Crippen LogP contribution in [0.15, 0.2) is 24.3 Å². The Morgan fingerprint density at radius 1 is 1.28 bits per heavy atom. The molecule has 0 unspecified atom stereocenters. The average Bonchev–Trinajstić information content (AvgIpc) is 2.37. The molecule has 0 spiro atoms. The van der Waals surface area contributed by atoms with Gasteiger partial charge in [-0.1, -0.05) is 17.7 Å². The molecular weight excluding hydrogens is 254 g/mol. The van der Waals surface area contributed by atoms with Crippen LogP contribution >= 0.6 is 11.6 Å². The molecule has 0 fully saturated rings. The lowest BCUT2D eigenvalue weighted by Gasteiger charge is -2.21. The van der Waals surface area contributed by atoms with Crippen LogP contribution in [0.25, 0.3) is 0 Å². The van der Waals surface area contributed by atoms with Crippen molar-refractivity contribution < 1.29 is 14.3 Å². The summed E-state index contributed by atoms with van der Waals surface area (Å²) in [4.78, 5) is 24.5. The minimum Gasteiger partial charge on any atom is -0.449 e. The molecule has 0 saturated heterocycles. The van der Waals surface area contributed by atoms with Crippen LogP contribution in [0.4, 0.5) is 10.5 Å². The lowest BCUT2D eigenvalue weighted by atomic mass is 10.2. The minimum absolute atomic E-state index is 0.0780. The number of ether oxygens (including phenoxy) is 1. The first-order chi connectivity index (χ1) is 8.58. The SMILES string of the molecule is CCOC(=O)N(CC(=O)CCl)c1ccc(C)cc1.